The molecule has 0 unspecified atom stereocenters. The Morgan fingerprint density at radius 2 is 1.70 bits per heavy atom. The molecule has 0 rings (SSSR count). The maximum absolute atomic E-state index is 9.90. The molecule has 0 bridgehead atoms. The van der Waals surface area contributed by atoms with Gasteiger partial charge >= 0.3 is 11.9 Å². The molecule has 0 amide bonds. The molecule has 0 aliphatic heterocycles. The summed E-state index contributed by atoms with van der Waals surface area (Å²) in [4.78, 5) is 19.7. The van der Waals surface area contributed by atoms with E-state index in [9.17, 15) is 9.59 Å². The smallest absolute Gasteiger partial charge is 0.331 e. The summed E-state index contributed by atoms with van der Waals surface area (Å²) in [6.45, 7) is 1.22. The van der Waals surface area contributed by atoms with Crippen LogP contribution in [0.2, 0.25) is 0 Å². The van der Waals surface area contributed by atoms with E-state index in [0.29, 0.717) is 6.08 Å². The van der Waals surface area contributed by atoms with E-state index in [-0.39, 0.29) is 22.1 Å². The third kappa shape index (κ3) is 5.31. The Morgan fingerprint density at radius 3 is 1.80 bits per heavy atom. The second-order valence-electron chi connectivity index (χ2n) is 1.47. The Balaban J connectivity index is 0. The van der Waals surface area contributed by atoms with Gasteiger partial charge in [-0.15, -0.1) is 0 Å². The number of carboxylic acid groups (broad SMARTS) is 2. The molecule has 2 N–H and O–H groups in total. The minimum atomic E-state index is -1.24. The Labute approximate surface area is 67.5 Å². The molecular weight excluding hydrogens is 183 g/mol. The van der Waals surface area contributed by atoms with Crippen LogP contribution in [0.5, 0.6) is 0 Å². The van der Waals surface area contributed by atoms with Gasteiger partial charge in [0.1, 0.15) is 0 Å². The van der Waals surface area contributed by atoms with E-state index in [1.807, 2.05) is 0 Å². The average molecular weight is 189 g/mol. The van der Waals surface area contributed by atoms with Gasteiger partial charge in [0.25, 0.3) is 0 Å². The topological polar surface area (TPSA) is 74.6 Å². The maximum Gasteiger partial charge on any atom is 0.331 e. The van der Waals surface area contributed by atoms with E-state index in [1.54, 1.807) is 0 Å². The van der Waals surface area contributed by atoms with Crippen LogP contribution in [-0.4, -0.2) is 22.2 Å². The van der Waals surface area contributed by atoms with Crippen molar-refractivity contribution in [3.63, 3.8) is 0 Å². The largest absolute Gasteiger partial charge is 0.478 e. The summed E-state index contributed by atoms with van der Waals surface area (Å²) in [6.07, 6.45) is 0.641. The molecule has 0 aliphatic carbocycles. The predicted molar refractivity (Wildman–Crippen MR) is 29.0 cm³/mol. The van der Waals surface area contributed by atoms with Gasteiger partial charge in [-0.1, -0.05) is 0 Å². The Morgan fingerprint density at radius 1 is 1.30 bits per heavy atom. The minimum Gasteiger partial charge on any atom is -0.478 e. The number of hydrogen-bond donors (Lipinski definition) is 2. The van der Waals surface area contributed by atoms with Gasteiger partial charge in [0.2, 0.25) is 0 Å². The van der Waals surface area contributed by atoms with Gasteiger partial charge in [-0.05, 0) is 6.92 Å². The van der Waals surface area contributed by atoms with Gasteiger partial charge in [-0.25, -0.2) is 9.59 Å². The molecule has 60 valence electrons. The number of hydrogen-bond acceptors (Lipinski definition) is 2. The van der Waals surface area contributed by atoms with Crippen LogP contribution in [0.3, 0.4) is 0 Å². The predicted octanol–water partition coefficient (Wildman–Crippen LogP) is 0.0994. The van der Waals surface area contributed by atoms with E-state index >= 15 is 0 Å². The molecule has 0 aliphatic rings. The SMILES string of the molecule is C/C(=C/C(=O)O)C(=O)O.[Ni]. The molecule has 0 radical (unpaired) electrons. The van der Waals surface area contributed by atoms with E-state index in [4.69, 9.17) is 10.2 Å². The van der Waals surface area contributed by atoms with Crippen molar-refractivity contribution in [2.45, 2.75) is 6.92 Å². The summed E-state index contributed by atoms with van der Waals surface area (Å²) in [6, 6.07) is 0. The van der Waals surface area contributed by atoms with Crippen LogP contribution in [0.1, 0.15) is 6.92 Å². The zero-order valence-corrected chi connectivity index (χ0v) is 6.09. The van der Waals surface area contributed by atoms with Crippen molar-refractivity contribution >= 4 is 11.9 Å². The van der Waals surface area contributed by atoms with Crippen LogP contribution in [0, 0.1) is 0 Å². The molecule has 5 heteroatoms. The van der Waals surface area contributed by atoms with Gasteiger partial charge in [-0.3, -0.25) is 0 Å². The monoisotopic (exact) mass is 188 g/mol. The van der Waals surface area contributed by atoms with Gasteiger partial charge in [-0.2, -0.15) is 0 Å². The Kier molecular flexibility index (Phi) is 5.95. The quantitative estimate of drug-likeness (QED) is 0.476. The molecule has 0 heterocycles. The first-order valence-corrected chi connectivity index (χ1v) is 2.18. The van der Waals surface area contributed by atoms with Crippen LogP contribution >= 0.6 is 0 Å². The number of aliphatic carboxylic acids is 2. The average Bonchev–Trinajstić information content (AvgIpc) is 1.63. The second kappa shape index (κ2) is 5.00. The summed E-state index contributed by atoms with van der Waals surface area (Å²) in [5.74, 6) is -2.45. The van der Waals surface area contributed by atoms with E-state index < -0.39 is 11.9 Å². The van der Waals surface area contributed by atoms with Crippen molar-refractivity contribution < 1.29 is 36.3 Å². The zero-order chi connectivity index (χ0) is 7.44. The van der Waals surface area contributed by atoms with E-state index in [0.717, 1.165) is 0 Å². The molecule has 0 saturated carbocycles. The number of carboxylic acids is 2. The molecular formula is C5H6NiO4. The molecule has 4 nitrogen and oxygen atoms in total. The van der Waals surface area contributed by atoms with Crippen LogP contribution in [-0.2, 0) is 26.1 Å². The number of carbonyl (C=O) groups is 2. The first kappa shape index (κ1) is 11.9. The molecule has 0 spiro atoms. The van der Waals surface area contributed by atoms with Crippen LogP contribution in [0.15, 0.2) is 11.6 Å². The van der Waals surface area contributed by atoms with Crippen LogP contribution in [0.25, 0.3) is 0 Å². The molecule has 10 heavy (non-hydrogen) atoms. The third-order valence-corrected chi connectivity index (χ3v) is 0.677. The first-order valence-electron chi connectivity index (χ1n) is 2.18. The van der Waals surface area contributed by atoms with Gasteiger partial charge in [0, 0.05) is 28.1 Å². The number of rotatable bonds is 2. The summed E-state index contributed by atoms with van der Waals surface area (Å²) < 4.78 is 0. The van der Waals surface area contributed by atoms with Gasteiger partial charge < -0.3 is 10.2 Å². The van der Waals surface area contributed by atoms with Crippen molar-refractivity contribution in [2.24, 2.45) is 0 Å². The fourth-order valence-electron chi connectivity index (χ4n) is 0.247. The summed E-state index contributed by atoms with van der Waals surface area (Å²) >= 11 is 0. The Hall–Kier alpha value is -0.826. The fourth-order valence-corrected chi connectivity index (χ4v) is 0.247. The van der Waals surface area contributed by atoms with Gasteiger partial charge in [0.15, 0.2) is 0 Å². The maximum atomic E-state index is 9.90. The van der Waals surface area contributed by atoms with Crippen molar-refractivity contribution in [2.75, 3.05) is 0 Å². The van der Waals surface area contributed by atoms with Crippen molar-refractivity contribution in [3.8, 4) is 0 Å². The van der Waals surface area contributed by atoms with E-state index in [1.165, 1.54) is 6.92 Å². The second-order valence-corrected chi connectivity index (χ2v) is 1.47. The van der Waals surface area contributed by atoms with Crippen molar-refractivity contribution in [1.82, 2.24) is 0 Å². The summed E-state index contributed by atoms with van der Waals surface area (Å²) in [5, 5.41) is 16.1. The Bertz CT molecular complexity index is 172. The molecule has 0 fully saturated rings. The molecule has 0 aromatic carbocycles. The molecule has 0 atom stereocenters. The first-order chi connectivity index (χ1) is 4.04. The normalized spacial score (nSPS) is 9.90. The van der Waals surface area contributed by atoms with E-state index in [2.05, 4.69) is 0 Å². The van der Waals surface area contributed by atoms with Crippen LogP contribution in [0.4, 0.5) is 0 Å². The fraction of sp³-hybridized carbons (Fsp3) is 0.200. The molecule has 0 aromatic heterocycles. The van der Waals surface area contributed by atoms with Gasteiger partial charge in [0.05, 0.1) is 0 Å². The zero-order valence-electron chi connectivity index (χ0n) is 5.10. The van der Waals surface area contributed by atoms with Crippen molar-refractivity contribution in [1.29, 1.82) is 0 Å². The molecule has 0 saturated heterocycles. The van der Waals surface area contributed by atoms with Crippen LogP contribution < -0.4 is 0 Å². The summed E-state index contributed by atoms with van der Waals surface area (Å²) in [5.41, 5.74) is -0.178. The minimum absolute atomic E-state index is 0. The van der Waals surface area contributed by atoms with Crippen molar-refractivity contribution in [3.05, 3.63) is 11.6 Å². The standard InChI is InChI=1S/C5H6O4.Ni/c1-3(5(8)9)2-4(6)7;/h2H,1H3,(H,6,7)(H,8,9);/b3-2-;. The summed E-state index contributed by atoms with van der Waals surface area (Å²) in [7, 11) is 0. The third-order valence-electron chi connectivity index (χ3n) is 0.677. The molecule has 0 aromatic rings.